The van der Waals surface area contributed by atoms with E-state index in [4.69, 9.17) is 4.74 Å². The van der Waals surface area contributed by atoms with Crippen molar-refractivity contribution in [3.05, 3.63) is 29.8 Å². The molecule has 0 bridgehead atoms. The number of piperidine rings is 1. The Morgan fingerprint density at radius 1 is 1.10 bits per heavy atom. The van der Waals surface area contributed by atoms with Gasteiger partial charge in [-0.05, 0) is 68.6 Å². The average Bonchev–Trinajstić information content (AvgIpc) is 3.46. The molecule has 0 aromatic heterocycles. The molecule has 1 aromatic rings. The number of likely N-dealkylation sites (tertiary alicyclic amines) is 2. The van der Waals surface area contributed by atoms with Crippen molar-refractivity contribution in [3.8, 4) is 5.75 Å². The van der Waals surface area contributed by atoms with Crippen LogP contribution in [0.1, 0.15) is 44.1 Å². The van der Waals surface area contributed by atoms with E-state index in [1.807, 2.05) is 21.9 Å². The van der Waals surface area contributed by atoms with Gasteiger partial charge in [0.1, 0.15) is 5.75 Å². The van der Waals surface area contributed by atoms with Crippen molar-refractivity contribution in [1.29, 1.82) is 0 Å². The number of amides is 3. The molecule has 1 N–H and O–H groups in total. The average molecular weight is 400 g/mol. The Kier molecular flexibility index (Phi) is 6.26. The number of benzene rings is 1. The fourth-order valence-electron chi connectivity index (χ4n) is 4.66. The van der Waals surface area contributed by atoms with Gasteiger partial charge in [0.15, 0.2) is 0 Å². The van der Waals surface area contributed by atoms with Crippen LogP contribution in [0.2, 0.25) is 0 Å². The Bertz CT molecular complexity index is 728. The van der Waals surface area contributed by atoms with Crippen LogP contribution in [0.4, 0.5) is 4.79 Å². The molecule has 2 heterocycles. The quantitative estimate of drug-likeness (QED) is 0.800. The summed E-state index contributed by atoms with van der Waals surface area (Å²) in [5.74, 6) is 1.44. The van der Waals surface area contributed by atoms with Crippen LogP contribution >= 0.6 is 0 Å². The van der Waals surface area contributed by atoms with Crippen molar-refractivity contribution in [2.45, 2.75) is 51.0 Å². The number of hydrogen-bond donors (Lipinski definition) is 1. The molecule has 3 fully saturated rings. The van der Waals surface area contributed by atoms with E-state index in [0.717, 1.165) is 57.5 Å². The van der Waals surface area contributed by atoms with Gasteiger partial charge in [-0.15, -0.1) is 0 Å². The summed E-state index contributed by atoms with van der Waals surface area (Å²) in [5, 5.41) is 3.33. The van der Waals surface area contributed by atoms with Crippen LogP contribution in [0.3, 0.4) is 0 Å². The van der Waals surface area contributed by atoms with Crippen molar-refractivity contribution in [2.24, 2.45) is 11.8 Å². The second-order valence-electron chi connectivity index (χ2n) is 8.77. The third kappa shape index (κ3) is 5.03. The molecule has 2 saturated heterocycles. The van der Waals surface area contributed by atoms with Crippen molar-refractivity contribution in [1.82, 2.24) is 15.1 Å². The van der Waals surface area contributed by atoms with E-state index in [1.165, 1.54) is 18.4 Å². The van der Waals surface area contributed by atoms with E-state index in [-0.39, 0.29) is 23.9 Å². The van der Waals surface area contributed by atoms with Gasteiger partial charge in [0.2, 0.25) is 5.91 Å². The minimum Gasteiger partial charge on any atom is -0.497 e. The Hall–Kier alpha value is -2.24. The molecule has 29 heavy (non-hydrogen) atoms. The van der Waals surface area contributed by atoms with Gasteiger partial charge in [0.05, 0.1) is 13.0 Å². The Balaban J connectivity index is 1.35. The van der Waals surface area contributed by atoms with Crippen LogP contribution in [0, 0.1) is 11.8 Å². The van der Waals surface area contributed by atoms with E-state index >= 15 is 0 Å². The number of carbonyl (C=O) groups is 2. The molecule has 4 rings (SSSR count). The SMILES string of the molecule is COc1cccc(CC(NC(=O)C2CCCN(C(=O)N3CCCC3)C2)C2CC2)c1. The first-order chi connectivity index (χ1) is 14.1. The lowest BCUT2D eigenvalue weighted by Crippen LogP contribution is -2.51. The van der Waals surface area contributed by atoms with E-state index in [2.05, 4.69) is 17.4 Å². The first-order valence-electron chi connectivity index (χ1n) is 11.1. The maximum Gasteiger partial charge on any atom is 0.320 e. The molecule has 1 aromatic carbocycles. The zero-order valence-corrected chi connectivity index (χ0v) is 17.4. The summed E-state index contributed by atoms with van der Waals surface area (Å²) in [4.78, 5) is 29.6. The van der Waals surface area contributed by atoms with Crippen molar-refractivity contribution >= 4 is 11.9 Å². The summed E-state index contributed by atoms with van der Waals surface area (Å²) < 4.78 is 5.34. The lowest BCUT2D eigenvalue weighted by molar-refractivity contribution is -0.127. The zero-order chi connectivity index (χ0) is 20.2. The third-order valence-corrected chi connectivity index (χ3v) is 6.55. The highest BCUT2D eigenvalue weighted by Gasteiger charge is 2.36. The van der Waals surface area contributed by atoms with Gasteiger partial charge in [-0.2, -0.15) is 0 Å². The molecule has 2 aliphatic heterocycles. The molecule has 1 aliphatic carbocycles. The standard InChI is InChI=1S/C23H33N3O3/c1-29-20-8-4-6-17(14-20)15-21(18-9-10-18)24-22(27)19-7-5-13-26(16-19)23(28)25-11-2-3-12-25/h4,6,8,14,18-19,21H,2-3,5,7,9-13,15-16H2,1H3,(H,24,27). The summed E-state index contributed by atoms with van der Waals surface area (Å²) in [6, 6.07) is 8.39. The first kappa shape index (κ1) is 20.0. The van der Waals surface area contributed by atoms with Gasteiger partial charge in [0, 0.05) is 32.2 Å². The van der Waals surface area contributed by atoms with E-state index < -0.39 is 0 Å². The minimum absolute atomic E-state index is 0.0955. The summed E-state index contributed by atoms with van der Waals surface area (Å²) in [5.41, 5.74) is 1.19. The second kappa shape index (κ2) is 9.06. The summed E-state index contributed by atoms with van der Waals surface area (Å²) in [6.07, 6.45) is 7.15. The highest BCUT2D eigenvalue weighted by atomic mass is 16.5. The van der Waals surface area contributed by atoms with Gasteiger partial charge < -0.3 is 19.9 Å². The fourth-order valence-corrected chi connectivity index (χ4v) is 4.66. The third-order valence-electron chi connectivity index (χ3n) is 6.55. The van der Waals surface area contributed by atoms with Crippen LogP contribution in [-0.4, -0.2) is 61.1 Å². The molecule has 1 saturated carbocycles. The molecule has 3 aliphatic rings. The second-order valence-corrected chi connectivity index (χ2v) is 8.77. The predicted molar refractivity (Wildman–Crippen MR) is 112 cm³/mol. The molecule has 2 atom stereocenters. The predicted octanol–water partition coefficient (Wildman–Crippen LogP) is 3.06. The molecule has 6 nitrogen and oxygen atoms in total. The molecule has 2 unspecified atom stereocenters. The maximum absolute atomic E-state index is 13.1. The lowest BCUT2D eigenvalue weighted by Gasteiger charge is -2.35. The first-order valence-corrected chi connectivity index (χ1v) is 11.1. The van der Waals surface area contributed by atoms with E-state index in [9.17, 15) is 9.59 Å². The number of methoxy groups -OCH3 is 1. The number of carbonyl (C=O) groups excluding carboxylic acids is 2. The summed E-state index contributed by atoms with van der Waals surface area (Å²) in [6.45, 7) is 3.04. The highest BCUT2D eigenvalue weighted by Crippen LogP contribution is 2.35. The molecule has 0 radical (unpaired) electrons. The van der Waals surface area contributed by atoms with Gasteiger partial charge in [-0.1, -0.05) is 12.1 Å². The molecule has 158 valence electrons. The Morgan fingerprint density at radius 2 is 1.86 bits per heavy atom. The minimum atomic E-state index is -0.0955. The van der Waals surface area contributed by atoms with Crippen LogP contribution < -0.4 is 10.1 Å². The zero-order valence-electron chi connectivity index (χ0n) is 17.4. The molecule has 6 heteroatoms. The van der Waals surface area contributed by atoms with Crippen LogP contribution in [0.5, 0.6) is 5.75 Å². The smallest absolute Gasteiger partial charge is 0.320 e. The van der Waals surface area contributed by atoms with Crippen LogP contribution in [0.25, 0.3) is 0 Å². The van der Waals surface area contributed by atoms with Crippen LogP contribution in [0.15, 0.2) is 24.3 Å². The number of rotatable bonds is 6. The molecule has 0 spiro atoms. The number of nitrogens with one attached hydrogen (secondary N) is 1. The van der Waals surface area contributed by atoms with Crippen molar-refractivity contribution < 1.29 is 14.3 Å². The topological polar surface area (TPSA) is 61.9 Å². The van der Waals surface area contributed by atoms with Gasteiger partial charge in [0.25, 0.3) is 0 Å². The largest absolute Gasteiger partial charge is 0.497 e. The molecular formula is C23H33N3O3. The van der Waals surface area contributed by atoms with Gasteiger partial charge in [-0.3, -0.25) is 4.79 Å². The van der Waals surface area contributed by atoms with Crippen LogP contribution in [-0.2, 0) is 11.2 Å². The lowest BCUT2D eigenvalue weighted by atomic mass is 9.95. The monoisotopic (exact) mass is 399 g/mol. The van der Waals surface area contributed by atoms with Crippen molar-refractivity contribution in [2.75, 3.05) is 33.3 Å². The molecule has 3 amide bonds. The summed E-state index contributed by atoms with van der Waals surface area (Å²) >= 11 is 0. The van der Waals surface area contributed by atoms with Gasteiger partial charge >= 0.3 is 6.03 Å². The fraction of sp³-hybridized carbons (Fsp3) is 0.652. The van der Waals surface area contributed by atoms with Gasteiger partial charge in [-0.25, -0.2) is 4.79 Å². The highest BCUT2D eigenvalue weighted by molar-refractivity contribution is 5.81. The van der Waals surface area contributed by atoms with Crippen molar-refractivity contribution in [3.63, 3.8) is 0 Å². The normalized spacial score (nSPS) is 23.0. The van der Waals surface area contributed by atoms with E-state index in [1.54, 1.807) is 7.11 Å². The Labute approximate surface area is 173 Å². The number of hydrogen-bond acceptors (Lipinski definition) is 3. The maximum atomic E-state index is 13.1. The summed E-state index contributed by atoms with van der Waals surface area (Å²) in [7, 11) is 1.68. The number of ether oxygens (including phenoxy) is 1. The Morgan fingerprint density at radius 3 is 2.59 bits per heavy atom. The number of urea groups is 1. The molecular weight excluding hydrogens is 366 g/mol. The van der Waals surface area contributed by atoms with E-state index in [0.29, 0.717) is 12.5 Å². The number of nitrogens with zero attached hydrogens (tertiary/aromatic N) is 2.